The van der Waals surface area contributed by atoms with E-state index < -0.39 is 0 Å². The molecule has 2 bridgehead atoms. The molecule has 2 saturated carbocycles. The zero-order valence-corrected chi connectivity index (χ0v) is 13.0. The van der Waals surface area contributed by atoms with Gasteiger partial charge in [0.25, 0.3) is 0 Å². The minimum atomic E-state index is -0.103. The van der Waals surface area contributed by atoms with Gasteiger partial charge in [-0.3, -0.25) is 9.59 Å². The number of carbonyl (C=O) groups is 2. The number of Topliss-reactive ketones (excluding diaryl/α,β-unsaturated/α-hetero) is 1. The number of ketones is 1. The number of fused-ring (bicyclic) bond motifs is 2. The van der Waals surface area contributed by atoms with Gasteiger partial charge in [-0.05, 0) is 43.9 Å². The lowest BCUT2D eigenvalue weighted by Crippen LogP contribution is -2.45. The van der Waals surface area contributed by atoms with Gasteiger partial charge in [0.05, 0.1) is 19.1 Å². The van der Waals surface area contributed by atoms with Crippen molar-refractivity contribution in [2.45, 2.75) is 52.1 Å². The molecule has 1 unspecified atom stereocenters. The number of hydrogen-bond donors (Lipinski definition) is 0. The highest BCUT2D eigenvalue weighted by Crippen LogP contribution is 2.36. The quantitative estimate of drug-likeness (QED) is 0.735. The van der Waals surface area contributed by atoms with E-state index in [2.05, 4.69) is 13.8 Å². The third-order valence-electron chi connectivity index (χ3n) is 5.33. The summed E-state index contributed by atoms with van der Waals surface area (Å²) in [4.78, 5) is 24.5. The van der Waals surface area contributed by atoms with Crippen molar-refractivity contribution < 1.29 is 19.1 Å². The van der Waals surface area contributed by atoms with E-state index in [1.165, 1.54) is 6.42 Å². The lowest BCUT2D eigenvalue weighted by atomic mass is 9.73. The van der Waals surface area contributed by atoms with Gasteiger partial charge in [-0.1, -0.05) is 13.8 Å². The first-order chi connectivity index (χ1) is 10.0. The average Bonchev–Trinajstić information content (AvgIpc) is 2.36. The molecule has 21 heavy (non-hydrogen) atoms. The molecule has 0 aromatic carbocycles. The predicted molar refractivity (Wildman–Crippen MR) is 77.6 cm³/mol. The van der Waals surface area contributed by atoms with Crippen LogP contribution in [0.3, 0.4) is 0 Å². The number of carbonyl (C=O) groups excluding carboxylic acids is 2. The van der Waals surface area contributed by atoms with Crippen molar-refractivity contribution in [1.82, 2.24) is 0 Å². The first-order valence-corrected chi connectivity index (χ1v) is 8.35. The summed E-state index contributed by atoms with van der Waals surface area (Å²) in [6, 6.07) is 0. The number of ether oxygens (including phenoxy) is 2. The molecule has 4 heteroatoms. The average molecular weight is 294 g/mol. The molecule has 1 aliphatic heterocycles. The van der Waals surface area contributed by atoms with Crippen molar-refractivity contribution in [2.24, 2.45) is 29.6 Å². The first kappa shape index (κ1) is 15.0. The van der Waals surface area contributed by atoms with E-state index >= 15 is 0 Å². The standard InChI is InChI=1S/C17H26O4/c1-10-3-11(2)5-15(4-10)21-17(19)12-6-13-8-20-9-14(7-12)16(13)18/h10-15H,3-9H2,1-2H3/t10-,11-,12?,13-,14+/m0/s1. The Morgan fingerprint density at radius 2 is 1.57 bits per heavy atom. The van der Waals surface area contributed by atoms with Crippen LogP contribution in [0.25, 0.3) is 0 Å². The fourth-order valence-electron chi connectivity index (χ4n) is 4.42. The summed E-state index contributed by atoms with van der Waals surface area (Å²) in [6.45, 7) is 5.43. The van der Waals surface area contributed by atoms with Gasteiger partial charge in [0.1, 0.15) is 11.9 Å². The molecule has 5 atom stereocenters. The number of hydrogen-bond acceptors (Lipinski definition) is 4. The van der Waals surface area contributed by atoms with E-state index in [-0.39, 0.29) is 29.8 Å². The summed E-state index contributed by atoms with van der Waals surface area (Å²) < 4.78 is 11.2. The molecule has 0 radical (unpaired) electrons. The molecule has 0 amide bonds. The third kappa shape index (κ3) is 3.31. The lowest BCUT2D eigenvalue weighted by molar-refractivity contribution is -0.164. The predicted octanol–water partition coefficient (Wildman–Crippen LogP) is 2.60. The second kappa shape index (κ2) is 6.07. The SMILES string of the molecule is C[C@@H]1CC(OC(=O)C2C[C@H]3COC[C@@H](C2)C3=O)C[C@@H](C)C1. The maximum atomic E-state index is 12.4. The molecule has 0 aromatic rings. The van der Waals surface area contributed by atoms with Gasteiger partial charge in [-0.15, -0.1) is 0 Å². The molecule has 0 spiro atoms. The van der Waals surface area contributed by atoms with Crippen LogP contribution in [0.4, 0.5) is 0 Å². The molecule has 3 rings (SSSR count). The molecule has 0 N–H and O–H groups in total. The molecule has 3 aliphatic rings. The van der Waals surface area contributed by atoms with Crippen LogP contribution in [0.1, 0.15) is 46.0 Å². The van der Waals surface area contributed by atoms with Crippen LogP contribution in [-0.2, 0) is 19.1 Å². The lowest BCUT2D eigenvalue weighted by Gasteiger charge is -2.37. The van der Waals surface area contributed by atoms with Gasteiger partial charge in [0.2, 0.25) is 0 Å². The fraction of sp³-hybridized carbons (Fsp3) is 0.882. The highest BCUT2D eigenvalue weighted by atomic mass is 16.5. The van der Waals surface area contributed by atoms with Gasteiger partial charge in [-0.2, -0.15) is 0 Å². The zero-order chi connectivity index (χ0) is 15.0. The molecule has 1 heterocycles. The van der Waals surface area contributed by atoms with Crippen molar-refractivity contribution in [2.75, 3.05) is 13.2 Å². The van der Waals surface area contributed by atoms with Gasteiger partial charge < -0.3 is 9.47 Å². The van der Waals surface area contributed by atoms with Crippen LogP contribution in [0.5, 0.6) is 0 Å². The Bertz CT molecular complexity index is 393. The van der Waals surface area contributed by atoms with Gasteiger partial charge in [-0.25, -0.2) is 0 Å². The summed E-state index contributed by atoms with van der Waals surface area (Å²) >= 11 is 0. The Hall–Kier alpha value is -0.900. The van der Waals surface area contributed by atoms with Crippen LogP contribution in [0.15, 0.2) is 0 Å². The molecular formula is C17H26O4. The second-order valence-electron chi connectivity index (χ2n) is 7.48. The van der Waals surface area contributed by atoms with Crippen LogP contribution in [-0.4, -0.2) is 31.1 Å². The van der Waals surface area contributed by atoms with E-state index in [1.807, 2.05) is 0 Å². The van der Waals surface area contributed by atoms with Gasteiger partial charge in [0.15, 0.2) is 0 Å². The Morgan fingerprint density at radius 3 is 2.14 bits per heavy atom. The summed E-state index contributed by atoms with van der Waals surface area (Å²) in [5.74, 6) is 1.21. The number of rotatable bonds is 2. The molecule has 4 nitrogen and oxygen atoms in total. The number of esters is 1. The maximum Gasteiger partial charge on any atom is 0.309 e. The minimum absolute atomic E-state index is 0.0740. The van der Waals surface area contributed by atoms with Crippen molar-refractivity contribution >= 4 is 11.8 Å². The van der Waals surface area contributed by atoms with E-state index in [1.54, 1.807) is 0 Å². The van der Waals surface area contributed by atoms with Gasteiger partial charge in [0, 0.05) is 11.8 Å². The normalized spacial score (nSPS) is 43.4. The summed E-state index contributed by atoms with van der Waals surface area (Å²) in [6.07, 6.45) is 4.51. The third-order valence-corrected chi connectivity index (χ3v) is 5.33. The van der Waals surface area contributed by atoms with Crippen LogP contribution in [0, 0.1) is 29.6 Å². The summed E-state index contributed by atoms with van der Waals surface area (Å²) in [5.41, 5.74) is 0. The van der Waals surface area contributed by atoms with Crippen molar-refractivity contribution in [3.05, 3.63) is 0 Å². The van der Waals surface area contributed by atoms with E-state index in [4.69, 9.17) is 9.47 Å². The van der Waals surface area contributed by atoms with Crippen molar-refractivity contribution in [3.8, 4) is 0 Å². The topological polar surface area (TPSA) is 52.6 Å². The van der Waals surface area contributed by atoms with E-state index in [9.17, 15) is 9.59 Å². The minimum Gasteiger partial charge on any atom is -0.462 e. The molecule has 0 aromatic heterocycles. The molecule has 2 aliphatic carbocycles. The molecule has 3 fully saturated rings. The molecule has 118 valence electrons. The van der Waals surface area contributed by atoms with Crippen LogP contribution >= 0.6 is 0 Å². The summed E-state index contributed by atoms with van der Waals surface area (Å²) in [5, 5.41) is 0. The second-order valence-corrected chi connectivity index (χ2v) is 7.48. The molecule has 1 saturated heterocycles. The molecular weight excluding hydrogens is 268 g/mol. The first-order valence-electron chi connectivity index (χ1n) is 8.35. The monoisotopic (exact) mass is 294 g/mol. The van der Waals surface area contributed by atoms with Crippen molar-refractivity contribution in [3.63, 3.8) is 0 Å². The van der Waals surface area contributed by atoms with Crippen molar-refractivity contribution in [1.29, 1.82) is 0 Å². The maximum absolute atomic E-state index is 12.4. The van der Waals surface area contributed by atoms with Crippen LogP contribution in [0.2, 0.25) is 0 Å². The Balaban J connectivity index is 1.57. The Morgan fingerprint density at radius 1 is 1.00 bits per heavy atom. The Labute approximate surface area is 126 Å². The highest BCUT2D eigenvalue weighted by molar-refractivity contribution is 5.87. The van der Waals surface area contributed by atoms with Gasteiger partial charge >= 0.3 is 5.97 Å². The van der Waals surface area contributed by atoms with E-state index in [0.29, 0.717) is 43.7 Å². The summed E-state index contributed by atoms with van der Waals surface area (Å²) in [7, 11) is 0. The highest BCUT2D eigenvalue weighted by Gasteiger charge is 2.43. The smallest absolute Gasteiger partial charge is 0.309 e. The van der Waals surface area contributed by atoms with Crippen LogP contribution < -0.4 is 0 Å². The van der Waals surface area contributed by atoms with E-state index in [0.717, 1.165) is 12.8 Å². The Kier molecular flexibility index (Phi) is 4.34. The fourth-order valence-corrected chi connectivity index (χ4v) is 4.42. The zero-order valence-electron chi connectivity index (χ0n) is 13.0. The largest absolute Gasteiger partial charge is 0.462 e.